The Morgan fingerprint density at radius 2 is 2.33 bits per heavy atom. The minimum atomic E-state index is 0. The third kappa shape index (κ3) is 5.15. The van der Waals surface area contributed by atoms with E-state index in [1.165, 1.54) is 0 Å². The molecule has 1 aromatic carbocycles. The van der Waals surface area contributed by atoms with Crippen molar-refractivity contribution in [1.29, 1.82) is 0 Å². The van der Waals surface area contributed by atoms with E-state index in [0.29, 0.717) is 19.7 Å². The maximum absolute atomic E-state index is 12.3. The second kappa shape index (κ2) is 9.26. The Labute approximate surface area is 137 Å². The van der Waals surface area contributed by atoms with E-state index < -0.39 is 0 Å². The summed E-state index contributed by atoms with van der Waals surface area (Å²) in [5.74, 6) is 0.142. The molecule has 1 aliphatic rings. The third-order valence-corrected chi connectivity index (χ3v) is 3.80. The molecule has 1 saturated heterocycles. The summed E-state index contributed by atoms with van der Waals surface area (Å²) in [5.41, 5.74) is 1.13. The van der Waals surface area contributed by atoms with Gasteiger partial charge in [-0.15, -0.1) is 12.4 Å². The molecule has 4 nitrogen and oxygen atoms in total. The van der Waals surface area contributed by atoms with Crippen LogP contribution >= 0.6 is 24.0 Å². The first-order chi connectivity index (χ1) is 9.72. The number of likely N-dealkylation sites (tertiary alicyclic amines) is 1. The molecule has 1 heterocycles. The summed E-state index contributed by atoms with van der Waals surface area (Å²) in [6.07, 6.45) is 2.05. The summed E-state index contributed by atoms with van der Waals surface area (Å²) in [6.45, 7) is 2.49. The van der Waals surface area contributed by atoms with Crippen LogP contribution in [0, 0.1) is 0 Å². The number of hydrogen-bond acceptors (Lipinski definition) is 3. The van der Waals surface area contributed by atoms with Crippen LogP contribution in [0.2, 0.25) is 5.02 Å². The molecule has 1 aromatic rings. The lowest BCUT2D eigenvalue weighted by atomic mass is 10.0. The zero-order valence-electron chi connectivity index (χ0n) is 12.2. The van der Waals surface area contributed by atoms with Gasteiger partial charge in [0.2, 0.25) is 5.91 Å². The maximum Gasteiger partial charge on any atom is 0.237 e. The number of nitrogens with zero attached hydrogens (tertiary/aromatic N) is 1. The summed E-state index contributed by atoms with van der Waals surface area (Å²) in [7, 11) is 1.65. The van der Waals surface area contributed by atoms with E-state index >= 15 is 0 Å². The first kappa shape index (κ1) is 18.2. The largest absolute Gasteiger partial charge is 0.383 e. The molecule has 0 saturated carbocycles. The van der Waals surface area contributed by atoms with Crippen LogP contribution in [0.25, 0.3) is 0 Å². The van der Waals surface area contributed by atoms with E-state index in [1.54, 1.807) is 7.11 Å². The molecule has 2 rings (SSSR count). The minimum Gasteiger partial charge on any atom is -0.383 e. The predicted octanol–water partition coefficient (Wildman–Crippen LogP) is 2.66. The predicted molar refractivity (Wildman–Crippen MR) is 87.1 cm³/mol. The molecule has 0 bridgehead atoms. The SMILES string of the molecule is COCCNCC(=O)N1CCCC1c1cccc(Cl)c1.Cl. The zero-order valence-corrected chi connectivity index (χ0v) is 13.8. The lowest BCUT2D eigenvalue weighted by Crippen LogP contribution is -2.38. The maximum atomic E-state index is 12.3. The van der Waals surface area contributed by atoms with Gasteiger partial charge >= 0.3 is 0 Å². The molecule has 0 spiro atoms. The van der Waals surface area contributed by atoms with E-state index in [-0.39, 0.29) is 24.4 Å². The number of rotatable bonds is 6. The zero-order chi connectivity index (χ0) is 14.4. The summed E-state index contributed by atoms with van der Waals surface area (Å²) < 4.78 is 4.95. The van der Waals surface area contributed by atoms with Crippen LogP contribution in [0.4, 0.5) is 0 Å². The highest BCUT2D eigenvalue weighted by Crippen LogP contribution is 2.32. The molecule has 1 amide bonds. The van der Waals surface area contributed by atoms with E-state index in [0.717, 1.165) is 30.0 Å². The molecule has 0 radical (unpaired) electrons. The third-order valence-electron chi connectivity index (χ3n) is 3.57. The van der Waals surface area contributed by atoms with Gasteiger partial charge in [0.1, 0.15) is 0 Å². The topological polar surface area (TPSA) is 41.6 Å². The molecule has 1 aliphatic heterocycles. The van der Waals surface area contributed by atoms with Gasteiger partial charge < -0.3 is 15.0 Å². The molecule has 1 atom stereocenters. The summed E-state index contributed by atoms with van der Waals surface area (Å²) >= 11 is 6.04. The molecule has 6 heteroatoms. The summed E-state index contributed by atoms with van der Waals surface area (Å²) in [6, 6.07) is 7.95. The van der Waals surface area contributed by atoms with Gasteiger partial charge in [0, 0.05) is 25.2 Å². The second-order valence-corrected chi connectivity index (χ2v) is 5.41. The monoisotopic (exact) mass is 332 g/mol. The number of hydrogen-bond donors (Lipinski definition) is 1. The number of carbonyl (C=O) groups excluding carboxylic acids is 1. The Hall–Kier alpha value is -0.810. The van der Waals surface area contributed by atoms with Crippen molar-refractivity contribution in [3.8, 4) is 0 Å². The number of benzene rings is 1. The van der Waals surface area contributed by atoms with Gasteiger partial charge in [-0.05, 0) is 30.5 Å². The van der Waals surface area contributed by atoms with Crippen molar-refractivity contribution in [3.05, 3.63) is 34.9 Å². The number of ether oxygens (including phenoxy) is 1. The quantitative estimate of drug-likeness (QED) is 0.814. The fraction of sp³-hybridized carbons (Fsp3) is 0.533. The number of halogens is 2. The number of methoxy groups -OCH3 is 1. The van der Waals surface area contributed by atoms with Crippen LogP contribution in [-0.4, -0.2) is 44.2 Å². The van der Waals surface area contributed by atoms with Gasteiger partial charge in [-0.1, -0.05) is 23.7 Å². The fourth-order valence-corrected chi connectivity index (χ4v) is 2.80. The Morgan fingerprint density at radius 1 is 1.52 bits per heavy atom. The van der Waals surface area contributed by atoms with E-state index in [2.05, 4.69) is 5.32 Å². The molecule has 118 valence electrons. The normalized spacial score (nSPS) is 17.6. The molecule has 21 heavy (non-hydrogen) atoms. The van der Waals surface area contributed by atoms with Gasteiger partial charge in [-0.25, -0.2) is 0 Å². The average Bonchev–Trinajstić information content (AvgIpc) is 2.93. The van der Waals surface area contributed by atoms with Gasteiger partial charge in [-0.3, -0.25) is 4.79 Å². The Kier molecular flexibility index (Phi) is 8.04. The molecule has 1 unspecified atom stereocenters. The molecular weight excluding hydrogens is 311 g/mol. The van der Waals surface area contributed by atoms with Crippen LogP contribution in [0.1, 0.15) is 24.4 Å². The molecular formula is C15H22Cl2N2O2. The Balaban J connectivity index is 0.00000220. The van der Waals surface area contributed by atoms with Crippen molar-refractivity contribution < 1.29 is 9.53 Å². The molecule has 1 fully saturated rings. The van der Waals surface area contributed by atoms with E-state index in [9.17, 15) is 4.79 Å². The average molecular weight is 333 g/mol. The van der Waals surface area contributed by atoms with Gasteiger partial charge in [-0.2, -0.15) is 0 Å². The van der Waals surface area contributed by atoms with Gasteiger partial charge in [0.25, 0.3) is 0 Å². The number of nitrogens with one attached hydrogen (secondary N) is 1. The minimum absolute atomic E-state index is 0. The van der Waals surface area contributed by atoms with Crippen molar-refractivity contribution in [2.45, 2.75) is 18.9 Å². The van der Waals surface area contributed by atoms with Crippen molar-refractivity contribution >= 4 is 29.9 Å². The molecule has 1 N–H and O–H groups in total. The smallest absolute Gasteiger partial charge is 0.237 e. The summed E-state index contributed by atoms with van der Waals surface area (Å²) in [4.78, 5) is 14.2. The highest BCUT2D eigenvalue weighted by molar-refractivity contribution is 6.30. The molecule has 0 aliphatic carbocycles. The summed E-state index contributed by atoms with van der Waals surface area (Å²) in [5, 5.41) is 3.83. The van der Waals surface area contributed by atoms with Crippen molar-refractivity contribution in [3.63, 3.8) is 0 Å². The highest BCUT2D eigenvalue weighted by atomic mass is 35.5. The van der Waals surface area contributed by atoms with Crippen LogP contribution in [-0.2, 0) is 9.53 Å². The van der Waals surface area contributed by atoms with E-state index in [4.69, 9.17) is 16.3 Å². The number of amides is 1. The van der Waals surface area contributed by atoms with E-state index in [1.807, 2.05) is 29.2 Å². The van der Waals surface area contributed by atoms with Crippen LogP contribution < -0.4 is 5.32 Å². The lowest BCUT2D eigenvalue weighted by Gasteiger charge is -2.25. The number of carbonyl (C=O) groups is 1. The first-order valence-electron chi connectivity index (χ1n) is 6.97. The fourth-order valence-electron chi connectivity index (χ4n) is 2.60. The Bertz CT molecular complexity index is 457. The standard InChI is InChI=1S/C15H21ClN2O2.ClH/c1-20-9-7-17-11-15(19)18-8-3-6-14(18)12-4-2-5-13(16)10-12;/h2,4-5,10,14,17H,3,6-9,11H2,1H3;1H. The Morgan fingerprint density at radius 3 is 3.05 bits per heavy atom. The first-order valence-corrected chi connectivity index (χ1v) is 7.34. The van der Waals surface area contributed by atoms with Crippen LogP contribution in [0.15, 0.2) is 24.3 Å². The van der Waals surface area contributed by atoms with Crippen molar-refractivity contribution in [1.82, 2.24) is 10.2 Å². The van der Waals surface area contributed by atoms with Crippen LogP contribution in [0.5, 0.6) is 0 Å². The van der Waals surface area contributed by atoms with Gasteiger partial charge in [0.15, 0.2) is 0 Å². The van der Waals surface area contributed by atoms with Crippen molar-refractivity contribution in [2.24, 2.45) is 0 Å². The van der Waals surface area contributed by atoms with Crippen molar-refractivity contribution in [2.75, 3.05) is 33.4 Å². The van der Waals surface area contributed by atoms with Crippen LogP contribution in [0.3, 0.4) is 0 Å². The van der Waals surface area contributed by atoms with Gasteiger partial charge in [0.05, 0.1) is 19.2 Å². The highest BCUT2D eigenvalue weighted by Gasteiger charge is 2.29. The second-order valence-electron chi connectivity index (χ2n) is 4.97. The lowest BCUT2D eigenvalue weighted by molar-refractivity contribution is -0.131. The molecule has 0 aromatic heterocycles.